The van der Waals surface area contributed by atoms with Crippen molar-refractivity contribution < 1.29 is 33.8 Å². The maximum absolute atomic E-state index is 12.7. The minimum Gasteiger partial charge on any atom is -0.482 e. The van der Waals surface area contributed by atoms with Crippen LogP contribution in [0.2, 0.25) is 0 Å². The van der Waals surface area contributed by atoms with Gasteiger partial charge in [0, 0.05) is 17.9 Å². The van der Waals surface area contributed by atoms with Gasteiger partial charge in [-0.25, -0.2) is 4.79 Å². The molecule has 9 nitrogen and oxygen atoms in total. The van der Waals surface area contributed by atoms with Crippen LogP contribution in [0.15, 0.2) is 42.5 Å². The number of aliphatic carboxylic acids is 1. The number of carboxylic acid groups (broad SMARTS) is 1. The third-order valence-electron chi connectivity index (χ3n) is 5.12. The summed E-state index contributed by atoms with van der Waals surface area (Å²) in [5.74, 6) is -1.98. The highest BCUT2D eigenvalue weighted by molar-refractivity contribution is 6.22. The summed E-state index contributed by atoms with van der Waals surface area (Å²) in [7, 11) is 0. The number of rotatable bonds is 7. The number of carbonyl (C=O) groups is 4. The Morgan fingerprint density at radius 1 is 1.10 bits per heavy atom. The van der Waals surface area contributed by atoms with Crippen molar-refractivity contribution >= 4 is 29.4 Å². The number of ether oxygens (including phenoxy) is 2. The standard InChI is InChI=1S/C22H20N2O7/c25-19(26)12-31-15-6-4-14(5-7-15)23-20(27)13-3-8-17-18(10-13)22(29)24(21(17)28)11-16-2-1-9-30-16/h3-8,10,16H,1-2,9,11-12H2,(H,23,27)(H,25,26)/t16-/m1/s1. The highest BCUT2D eigenvalue weighted by Gasteiger charge is 2.37. The van der Waals surface area contributed by atoms with Gasteiger partial charge in [-0.2, -0.15) is 0 Å². The summed E-state index contributed by atoms with van der Waals surface area (Å²) in [6.07, 6.45) is 1.57. The van der Waals surface area contributed by atoms with Gasteiger partial charge in [0.25, 0.3) is 17.7 Å². The Kier molecular flexibility index (Phi) is 5.68. The van der Waals surface area contributed by atoms with E-state index in [0.29, 0.717) is 18.0 Å². The predicted molar refractivity (Wildman–Crippen MR) is 108 cm³/mol. The van der Waals surface area contributed by atoms with E-state index in [0.717, 1.165) is 12.8 Å². The molecule has 0 aliphatic carbocycles. The summed E-state index contributed by atoms with van der Waals surface area (Å²) in [6, 6.07) is 10.6. The van der Waals surface area contributed by atoms with Gasteiger partial charge in [0.15, 0.2) is 6.61 Å². The van der Waals surface area contributed by atoms with E-state index in [9.17, 15) is 19.2 Å². The summed E-state index contributed by atoms with van der Waals surface area (Å²) < 4.78 is 10.6. The van der Waals surface area contributed by atoms with Crippen LogP contribution in [0.1, 0.15) is 43.9 Å². The number of nitrogens with one attached hydrogen (secondary N) is 1. The van der Waals surface area contributed by atoms with Crippen LogP contribution in [-0.4, -0.2) is 59.6 Å². The highest BCUT2D eigenvalue weighted by Crippen LogP contribution is 2.26. The number of anilines is 1. The summed E-state index contributed by atoms with van der Waals surface area (Å²) in [5.41, 5.74) is 1.19. The summed E-state index contributed by atoms with van der Waals surface area (Å²) in [4.78, 5) is 49.7. The van der Waals surface area contributed by atoms with Crippen LogP contribution in [0.25, 0.3) is 0 Å². The SMILES string of the molecule is O=C(O)COc1ccc(NC(=O)c2ccc3c(c2)C(=O)N(C[C@H]2CCCO2)C3=O)cc1. The van der Waals surface area contributed by atoms with E-state index in [-0.39, 0.29) is 35.2 Å². The van der Waals surface area contributed by atoms with Gasteiger partial charge in [0.2, 0.25) is 0 Å². The zero-order chi connectivity index (χ0) is 22.0. The molecule has 1 atom stereocenters. The quantitative estimate of drug-likeness (QED) is 0.653. The number of carbonyl (C=O) groups excluding carboxylic acids is 3. The van der Waals surface area contributed by atoms with Gasteiger partial charge in [-0.3, -0.25) is 19.3 Å². The molecule has 0 aromatic heterocycles. The van der Waals surface area contributed by atoms with Crippen molar-refractivity contribution in [3.8, 4) is 5.75 Å². The molecule has 160 valence electrons. The number of carboxylic acids is 1. The van der Waals surface area contributed by atoms with E-state index < -0.39 is 24.4 Å². The van der Waals surface area contributed by atoms with Crippen LogP contribution < -0.4 is 10.1 Å². The molecule has 2 aliphatic heterocycles. The fourth-order valence-electron chi connectivity index (χ4n) is 3.57. The van der Waals surface area contributed by atoms with Gasteiger partial charge in [0.1, 0.15) is 5.75 Å². The first-order chi connectivity index (χ1) is 14.9. The first-order valence-electron chi connectivity index (χ1n) is 9.80. The Morgan fingerprint density at radius 2 is 1.84 bits per heavy atom. The van der Waals surface area contributed by atoms with E-state index in [1.807, 2.05) is 0 Å². The molecule has 2 aliphatic rings. The molecule has 2 heterocycles. The van der Waals surface area contributed by atoms with Crippen molar-refractivity contribution in [2.75, 3.05) is 25.1 Å². The Hall–Kier alpha value is -3.72. The number of hydrogen-bond acceptors (Lipinski definition) is 6. The lowest BCUT2D eigenvalue weighted by atomic mass is 10.1. The van der Waals surface area contributed by atoms with E-state index in [1.165, 1.54) is 35.2 Å². The van der Waals surface area contributed by atoms with Crippen LogP contribution in [0, 0.1) is 0 Å². The summed E-state index contributed by atoms with van der Waals surface area (Å²) >= 11 is 0. The Bertz CT molecular complexity index is 1040. The number of fused-ring (bicyclic) bond motifs is 1. The molecule has 0 radical (unpaired) electrons. The van der Waals surface area contributed by atoms with Crippen LogP contribution in [0.3, 0.4) is 0 Å². The molecule has 2 aromatic rings. The number of nitrogens with zero attached hydrogens (tertiary/aromatic N) is 1. The summed E-state index contributed by atoms with van der Waals surface area (Å²) in [6.45, 7) is 0.381. The highest BCUT2D eigenvalue weighted by atomic mass is 16.5. The number of amides is 3. The van der Waals surface area contributed by atoms with Crippen molar-refractivity contribution in [1.29, 1.82) is 0 Å². The van der Waals surface area contributed by atoms with Gasteiger partial charge >= 0.3 is 5.97 Å². The fourth-order valence-corrected chi connectivity index (χ4v) is 3.57. The zero-order valence-electron chi connectivity index (χ0n) is 16.5. The van der Waals surface area contributed by atoms with Crippen molar-refractivity contribution in [1.82, 2.24) is 4.90 Å². The van der Waals surface area contributed by atoms with Crippen LogP contribution >= 0.6 is 0 Å². The van der Waals surface area contributed by atoms with Gasteiger partial charge in [-0.1, -0.05) is 0 Å². The second-order valence-electron chi connectivity index (χ2n) is 7.28. The van der Waals surface area contributed by atoms with Crippen molar-refractivity contribution in [2.24, 2.45) is 0 Å². The van der Waals surface area contributed by atoms with E-state index in [1.54, 1.807) is 12.1 Å². The zero-order valence-corrected chi connectivity index (χ0v) is 16.5. The second-order valence-corrected chi connectivity index (χ2v) is 7.28. The third-order valence-corrected chi connectivity index (χ3v) is 5.12. The number of hydrogen-bond donors (Lipinski definition) is 2. The van der Waals surface area contributed by atoms with Crippen molar-refractivity contribution in [2.45, 2.75) is 18.9 Å². The molecular weight excluding hydrogens is 404 g/mol. The molecule has 1 fully saturated rings. The van der Waals surface area contributed by atoms with Crippen LogP contribution in [0.5, 0.6) is 5.75 Å². The van der Waals surface area contributed by atoms with Crippen molar-refractivity contribution in [3.05, 3.63) is 59.2 Å². The van der Waals surface area contributed by atoms with E-state index in [4.69, 9.17) is 14.6 Å². The van der Waals surface area contributed by atoms with Gasteiger partial charge < -0.3 is 19.9 Å². The molecule has 4 rings (SSSR count). The maximum atomic E-state index is 12.7. The average Bonchev–Trinajstić information content (AvgIpc) is 3.36. The molecule has 0 spiro atoms. The monoisotopic (exact) mass is 424 g/mol. The molecule has 2 aromatic carbocycles. The minimum atomic E-state index is -1.09. The van der Waals surface area contributed by atoms with Crippen LogP contribution in [-0.2, 0) is 9.53 Å². The molecule has 0 bridgehead atoms. The lowest BCUT2D eigenvalue weighted by molar-refractivity contribution is -0.139. The topological polar surface area (TPSA) is 122 Å². The summed E-state index contributed by atoms with van der Waals surface area (Å²) in [5, 5.41) is 11.3. The normalized spacial score (nSPS) is 17.5. The Balaban J connectivity index is 1.44. The smallest absolute Gasteiger partial charge is 0.341 e. The maximum Gasteiger partial charge on any atom is 0.341 e. The predicted octanol–water partition coefficient (Wildman–Crippen LogP) is 2.18. The van der Waals surface area contributed by atoms with E-state index >= 15 is 0 Å². The van der Waals surface area contributed by atoms with Gasteiger partial charge in [-0.15, -0.1) is 0 Å². The molecule has 2 N–H and O–H groups in total. The molecule has 0 saturated carbocycles. The molecule has 9 heteroatoms. The fraction of sp³-hybridized carbons (Fsp3) is 0.273. The lowest BCUT2D eigenvalue weighted by Crippen LogP contribution is -2.36. The third kappa shape index (κ3) is 4.41. The molecule has 31 heavy (non-hydrogen) atoms. The molecule has 1 saturated heterocycles. The number of benzene rings is 2. The van der Waals surface area contributed by atoms with Crippen LogP contribution in [0.4, 0.5) is 5.69 Å². The largest absolute Gasteiger partial charge is 0.482 e. The molecule has 0 unspecified atom stereocenters. The first-order valence-corrected chi connectivity index (χ1v) is 9.80. The first kappa shape index (κ1) is 20.5. The van der Waals surface area contributed by atoms with Gasteiger partial charge in [-0.05, 0) is 55.3 Å². The lowest BCUT2D eigenvalue weighted by Gasteiger charge is -2.17. The Morgan fingerprint density at radius 3 is 2.52 bits per heavy atom. The molecule has 3 amide bonds. The number of imide groups is 1. The minimum absolute atomic E-state index is 0.146. The Labute approximate surface area is 177 Å². The van der Waals surface area contributed by atoms with Crippen molar-refractivity contribution in [3.63, 3.8) is 0 Å². The van der Waals surface area contributed by atoms with Gasteiger partial charge in [0.05, 0.1) is 23.8 Å². The van der Waals surface area contributed by atoms with E-state index in [2.05, 4.69) is 5.32 Å². The average molecular weight is 424 g/mol. The molecular formula is C22H20N2O7. The second kappa shape index (κ2) is 8.57.